The standard InChI is InChI=1S/C10H7F3O2/c11-10(12,13)8-4-1-7(2-5-8)3-6-9(14)15/h1-6H,(H,14,15)/p-1/b6-3+. The summed E-state index contributed by atoms with van der Waals surface area (Å²) in [5.41, 5.74) is -0.402. The molecule has 0 aliphatic heterocycles. The van der Waals surface area contributed by atoms with Crippen LogP contribution in [0.15, 0.2) is 30.3 Å². The molecule has 0 N–H and O–H groups in total. The van der Waals surface area contributed by atoms with Crippen LogP contribution in [0.25, 0.3) is 6.08 Å². The summed E-state index contributed by atoms with van der Waals surface area (Å²) in [4.78, 5) is 10.0. The zero-order valence-electron chi connectivity index (χ0n) is 7.41. The third-order valence-corrected chi connectivity index (χ3v) is 1.65. The van der Waals surface area contributed by atoms with Crippen molar-refractivity contribution in [3.8, 4) is 0 Å². The predicted octanol–water partition coefficient (Wildman–Crippen LogP) is 1.47. The van der Waals surface area contributed by atoms with Gasteiger partial charge in [0.15, 0.2) is 0 Å². The molecule has 1 aromatic rings. The maximum absolute atomic E-state index is 12.1. The highest BCUT2D eigenvalue weighted by atomic mass is 19.4. The fourth-order valence-corrected chi connectivity index (χ4v) is 0.947. The number of rotatable bonds is 2. The molecule has 0 spiro atoms. The van der Waals surface area contributed by atoms with Crippen molar-refractivity contribution in [2.75, 3.05) is 0 Å². The van der Waals surface area contributed by atoms with Crippen LogP contribution in [0.1, 0.15) is 11.1 Å². The van der Waals surface area contributed by atoms with Gasteiger partial charge in [0.05, 0.1) is 11.5 Å². The van der Waals surface area contributed by atoms with E-state index in [-0.39, 0.29) is 0 Å². The highest BCUT2D eigenvalue weighted by Crippen LogP contribution is 2.29. The molecule has 0 saturated carbocycles. The number of alkyl halides is 3. The number of halogens is 3. The Morgan fingerprint density at radius 2 is 1.73 bits per heavy atom. The average molecular weight is 215 g/mol. The van der Waals surface area contributed by atoms with Gasteiger partial charge in [-0.25, -0.2) is 0 Å². The second kappa shape index (κ2) is 4.16. The monoisotopic (exact) mass is 215 g/mol. The maximum atomic E-state index is 12.1. The quantitative estimate of drug-likeness (QED) is 0.701. The summed E-state index contributed by atoms with van der Waals surface area (Å²) in [5, 5.41) is 10.0. The first kappa shape index (κ1) is 11.3. The Kier molecular flexibility index (Phi) is 3.14. The largest absolute Gasteiger partial charge is 0.545 e. The van der Waals surface area contributed by atoms with E-state index in [9.17, 15) is 23.1 Å². The molecule has 5 heteroatoms. The summed E-state index contributed by atoms with van der Waals surface area (Å²) in [5.74, 6) is -1.39. The van der Waals surface area contributed by atoms with E-state index in [1.165, 1.54) is 12.1 Å². The van der Waals surface area contributed by atoms with E-state index in [4.69, 9.17) is 0 Å². The molecule has 1 rings (SSSR count). The first-order valence-electron chi connectivity index (χ1n) is 3.96. The van der Waals surface area contributed by atoms with Gasteiger partial charge in [0.25, 0.3) is 0 Å². The molecule has 0 heterocycles. The lowest BCUT2D eigenvalue weighted by atomic mass is 10.1. The summed E-state index contributed by atoms with van der Waals surface area (Å²) >= 11 is 0. The SMILES string of the molecule is O=C([O-])/C=C/c1ccc(C(F)(F)F)cc1. The van der Waals surface area contributed by atoms with E-state index in [1.54, 1.807) is 0 Å². The molecule has 0 aliphatic carbocycles. The van der Waals surface area contributed by atoms with Gasteiger partial charge in [0.1, 0.15) is 0 Å². The fourth-order valence-electron chi connectivity index (χ4n) is 0.947. The smallest absolute Gasteiger partial charge is 0.416 e. The van der Waals surface area contributed by atoms with Crippen molar-refractivity contribution < 1.29 is 23.1 Å². The molecule has 0 fully saturated rings. The van der Waals surface area contributed by atoms with Crippen LogP contribution >= 0.6 is 0 Å². The zero-order valence-corrected chi connectivity index (χ0v) is 7.41. The Morgan fingerprint density at radius 1 is 1.20 bits per heavy atom. The highest BCUT2D eigenvalue weighted by molar-refractivity contribution is 5.83. The van der Waals surface area contributed by atoms with Gasteiger partial charge in [-0.05, 0) is 23.8 Å². The highest BCUT2D eigenvalue weighted by Gasteiger charge is 2.29. The minimum absolute atomic E-state index is 0.368. The minimum Gasteiger partial charge on any atom is -0.545 e. The number of carbonyl (C=O) groups is 1. The number of carboxylic acids is 1. The number of benzene rings is 1. The molecule has 0 atom stereocenters. The summed E-state index contributed by atoms with van der Waals surface area (Å²) in [6.07, 6.45) is -2.46. The zero-order chi connectivity index (χ0) is 11.5. The van der Waals surface area contributed by atoms with Crippen LogP contribution in [0.5, 0.6) is 0 Å². The fraction of sp³-hybridized carbons (Fsp3) is 0.100. The van der Waals surface area contributed by atoms with E-state index in [2.05, 4.69) is 0 Å². The molecule has 80 valence electrons. The van der Waals surface area contributed by atoms with Gasteiger partial charge in [0.2, 0.25) is 0 Å². The van der Waals surface area contributed by atoms with Gasteiger partial charge in [-0.1, -0.05) is 18.2 Å². The van der Waals surface area contributed by atoms with Gasteiger partial charge in [-0.2, -0.15) is 13.2 Å². The summed E-state index contributed by atoms with van der Waals surface area (Å²) in [7, 11) is 0. The first-order valence-corrected chi connectivity index (χ1v) is 3.96. The van der Waals surface area contributed by atoms with Crippen molar-refractivity contribution in [1.29, 1.82) is 0 Å². The van der Waals surface area contributed by atoms with E-state index >= 15 is 0 Å². The molecule has 15 heavy (non-hydrogen) atoms. The number of aliphatic carboxylic acids is 1. The van der Waals surface area contributed by atoms with Crippen LogP contribution in [0, 0.1) is 0 Å². The Hall–Kier alpha value is -1.78. The number of hydrogen-bond donors (Lipinski definition) is 0. The van der Waals surface area contributed by atoms with Crippen molar-refractivity contribution in [3.63, 3.8) is 0 Å². The van der Waals surface area contributed by atoms with Crippen LogP contribution in [0.3, 0.4) is 0 Å². The van der Waals surface area contributed by atoms with Crippen molar-refractivity contribution in [2.45, 2.75) is 6.18 Å². The van der Waals surface area contributed by atoms with Crippen molar-refractivity contribution in [2.24, 2.45) is 0 Å². The molecule has 0 unspecified atom stereocenters. The van der Waals surface area contributed by atoms with Crippen molar-refractivity contribution in [1.82, 2.24) is 0 Å². The summed E-state index contributed by atoms with van der Waals surface area (Å²) in [6.45, 7) is 0. The number of carbonyl (C=O) groups excluding carboxylic acids is 1. The van der Waals surface area contributed by atoms with Crippen molar-refractivity contribution in [3.05, 3.63) is 41.5 Å². The lowest BCUT2D eigenvalue weighted by molar-refractivity contribution is -0.297. The van der Waals surface area contributed by atoms with Gasteiger partial charge in [-0.3, -0.25) is 0 Å². The van der Waals surface area contributed by atoms with Crippen LogP contribution in [0.2, 0.25) is 0 Å². The maximum Gasteiger partial charge on any atom is 0.416 e. The van der Waals surface area contributed by atoms with E-state index in [1.807, 2.05) is 0 Å². The molecule has 0 aromatic heterocycles. The summed E-state index contributed by atoms with van der Waals surface area (Å²) < 4.78 is 36.3. The lowest BCUT2D eigenvalue weighted by Crippen LogP contribution is -2.18. The number of hydrogen-bond acceptors (Lipinski definition) is 2. The number of carboxylic acid groups (broad SMARTS) is 1. The molecule has 2 nitrogen and oxygen atoms in total. The third kappa shape index (κ3) is 3.46. The van der Waals surface area contributed by atoms with Gasteiger partial charge >= 0.3 is 6.18 Å². The lowest BCUT2D eigenvalue weighted by Gasteiger charge is -2.05. The van der Waals surface area contributed by atoms with Crippen molar-refractivity contribution >= 4 is 12.0 Å². The first-order chi connectivity index (χ1) is 6.89. The molecular formula is C10H6F3O2-. The molecule has 0 aliphatic rings. The van der Waals surface area contributed by atoms with Crippen LogP contribution in [-0.2, 0) is 11.0 Å². The van der Waals surface area contributed by atoms with Crippen LogP contribution < -0.4 is 5.11 Å². The molecule has 0 saturated heterocycles. The Morgan fingerprint density at radius 3 is 2.13 bits per heavy atom. The Bertz CT molecular complexity index is 377. The molecular weight excluding hydrogens is 209 g/mol. The summed E-state index contributed by atoms with van der Waals surface area (Å²) in [6, 6.07) is 4.13. The molecule has 0 amide bonds. The minimum atomic E-state index is -4.38. The molecule has 0 bridgehead atoms. The second-order valence-electron chi connectivity index (χ2n) is 2.77. The Labute approximate surface area is 83.7 Å². The Balaban J connectivity index is 2.86. The third-order valence-electron chi connectivity index (χ3n) is 1.65. The van der Waals surface area contributed by atoms with Gasteiger partial charge in [-0.15, -0.1) is 0 Å². The topological polar surface area (TPSA) is 40.1 Å². The van der Waals surface area contributed by atoms with E-state index in [0.29, 0.717) is 5.56 Å². The van der Waals surface area contributed by atoms with Crippen LogP contribution in [-0.4, -0.2) is 5.97 Å². The van der Waals surface area contributed by atoms with E-state index in [0.717, 1.165) is 24.3 Å². The molecule has 1 aromatic carbocycles. The predicted molar refractivity (Wildman–Crippen MR) is 45.5 cm³/mol. The second-order valence-corrected chi connectivity index (χ2v) is 2.77. The average Bonchev–Trinajstić information content (AvgIpc) is 2.14. The van der Waals surface area contributed by atoms with E-state index < -0.39 is 17.7 Å². The molecule has 0 radical (unpaired) electrons. The van der Waals surface area contributed by atoms with Gasteiger partial charge < -0.3 is 9.90 Å². The normalized spacial score (nSPS) is 11.9. The van der Waals surface area contributed by atoms with Crippen LogP contribution in [0.4, 0.5) is 13.2 Å². The van der Waals surface area contributed by atoms with Gasteiger partial charge in [0, 0.05) is 0 Å².